The molecule has 0 bridgehead atoms. The molecule has 1 aliphatic rings. The summed E-state index contributed by atoms with van der Waals surface area (Å²) in [5, 5.41) is 2.34. The van der Waals surface area contributed by atoms with Gasteiger partial charge in [0.2, 0.25) is 0 Å². The van der Waals surface area contributed by atoms with E-state index in [1.165, 1.54) is 4.90 Å². The Hall–Kier alpha value is -1.69. The number of anilines is 1. The summed E-state index contributed by atoms with van der Waals surface area (Å²) in [6, 6.07) is 7.25. The molecule has 1 aromatic rings. The monoisotopic (exact) mass is 280 g/mol. The summed E-state index contributed by atoms with van der Waals surface area (Å²) in [4.78, 5) is 25.0. The van der Waals surface area contributed by atoms with Gasteiger partial charge in [-0.15, -0.1) is 0 Å². The van der Waals surface area contributed by atoms with Gasteiger partial charge < -0.3 is 10.1 Å². The summed E-state index contributed by atoms with van der Waals surface area (Å²) in [6.07, 6.45) is 0.771. The first-order valence-corrected chi connectivity index (χ1v) is 6.96. The van der Waals surface area contributed by atoms with Gasteiger partial charge in [-0.25, -0.2) is 0 Å². The number of nitrogens with zero attached hydrogens (tertiary/aromatic N) is 1. The van der Waals surface area contributed by atoms with Crippen molar-refractivity contribution in [2.75, 3.05) is 19.0 Å². The Kier molecular flexibility index (Phi) is 4.31. The smallest absolute Gasteiger partial charge is 0.290 e. The highest BCUT2D eigenvalue weighted by Crippen LogP contribution is 2.28. The number of thioether (sulfide) groups is 1. The van der Waals surface area contributed by atoms with Gasteiger partial charge in [-0.1, -0.05) is 6.92 Å². The highest BCUT2D eigenvalue weighted by Gasteiger charge is 2.38. The van der Waals surface area contributed by atoms with E-state index in [4.69, 9.17) is 4.74 Å². The van der Waals surface area contributed by atoms with Gasteiger partial charge in [0.25, 0.3) is 11.1 Å². The largest absolute Gasteiger partial charge is 0.497 e. The van der Waals surface area contributed by atoms with Gasteiger partial charge in [-0.05, 0) is 42.4 Å². The van der Waals surface area contributed by atoms with E-state index in [0.29, 0.717) is 6.54 Å². The molecule has 1 unspecified atom stereocenters. The van der Waals surface area contributed by atoms with Crippen LogP contribution in [0, 0.1) is 0 Å². The molecule has 0 aromatic heterocycles. The van der Waals surface area contributed by atoms with E-state index < -0.39 is 5.37 Å². The predicted molar refractivity (Wildman–Crippen MR) is 75.4 cm³/mol. The molecule has 102 valence electrons. The van der Waals surface area contributed by atoms with Gasteiger partial charge in [0.05, 0.1) is 7.11 Å². The van der Waals surface area contributed by atoms with Gasteiger partial charge in [-0.3, -0.25) is 14.5 Å². The molecule has 5 nitrogen and oxygen atoms in total. The summed E-state index contributed by atoms with van der Waals surface area (Å²) < 4.78 is 5.06. The zero-order valence-corrected chi connectivity index (χ0v) is 11.7. The predicted octanol–water partition coefficient (Wildman–Crippen LogP) is 2.54. The third kappa shape index (κ3) is 3.01. The number of imide groups is 1. The Morgan fingerprint density at radius 1 is 1.32 bits per heavy atom. The van der Waals surface area contributed by atoms with Crippen molar-refractivity contribution >= 4 is 28.6 Å². The normalized spacial score (nSPS) is 18.8. The molecule has 1 atom stereocenters. The van der Waals surface area contributed by atoms with Crippen LogP contribution in [0.15, 0.2) is 24.3 Å². The maximum Gasteiger partial charge on any atom is 0.290 e. The average molecular weight is 280 g/mol. The summed E-state index contributed by atoms with van der Waals surface area (Å²) in [5.74, 6) is 0.576. The molecule has 0 spiro atoms. The lowest BCUT2D eigenvalue weighted by Gasteiger charge is -2.14. The van der Waals surface area contributed by atoms with Crippen LogP contribution >= 0.6 is 11.8 Å². The fourth-order valence-electron chi connectivity index (χ4n) is 1.80. The van der Waals surface area contributed by atoms with Crippen LogP contribution in [0.4, 0.5) is 10.5 Å². The molecule has 1 aromatic carbocycles. The first kappa shape index (κ1) is 13.7. The lowest BCUT2D eigenvalue weighted by Crippen LogP contribution is -2.34. The van der Waals surface area contributed by atoms with E-state index >= 15 is 0 Å². The number of nitrogens with one attached hydrogen (secondary N) is 1. The fourth-order valence-corrected chi connectivity index (χ4v) is 2.73. The minimum Gasteiger partial charge on any atom is -0.497 e. The van der Waals surface area contributed by atoms with Gasteiger partial charge in [0, 0.05) is 12.2 Å². The zero-order valence-electron chi connectivity index (χ0n) is 10.9. The molecule has 0 aliphatic carbocycles. The first-order valence-electron chi connectivity index (χ1n) is 6.08. The maximum atomic E-state index is 12.0. The van der Waals surface area contributed by atoms with Crippen molar-refractivity contribution in [3.05, 3.63) is 24.3 Å². The number of carbonyl (C=O) groups is 2. The van der Waals surface area contributed by atoms with Crippen LogP contribution in [0.1, 0.15) is 13.3 Å². The lowest BCUT2D eigenvalue weighted by molar-refractivity contribution is -0.126. The van der Waals surface area contributed by atoms with Crippen LogP contribution in [-0.2, 0) is 4.79 Å². The quantitative estimate of drug-likeness (QED) is 0.898. The molecule has 2 amide bonds. The molecule has 1 saturated heterocycles. The number of carbonyl (C=O) groups excluding carboxylic acids is 2. The summed E-state index contributed by atoms with van der Waals surface area (Å²) in [7, 11) is 1.60. The summed E-state index contributed by atoms with van der Waals surface area (Å²) in [6.45, 7) is 2.42. The van der Waals surface area contributed by atoms with Crippen molar-refractivity contribution in [2.24, 2.45) is 0 Å². The van der Waals surface area contributed by atoms with Crippen LogP contribution in [0.5, 0.6) is 5.75 Å². The van der Waals surface area contributed by atoms with Crippen LogP contribution in [0.2, 0.25) is 0 Å². The van der Waals surface area contributed by atoms with E-state index in [2.05, 4.69) is 5.32 Å². The van der Waals surface area contributed by atoms with E-state index in [1.54, 1.807) is 19.2 Å². The highest BCUT2D eigenvalue weighted by molar-refractivity contribution is 8.15. The lowest BCUT2D eigenvalue weighted by atomic mass is 10.3. The Labute approximate surface area is 116 Å². The molecule has 0 radical (unpaired) electrons. The van der Waals surface area contributed by atoms with Crippen LogP contribution in [-0.4, -0.2) is 35.1 Å². The van der Waals surface area contributed by atoms with Crippen molar-refractivity contribution in [3.63, 3.8) is 0 Å². The minimum atomic E-state index is -0.535. The number of ether oxygens (including phenoxy) is 1. The Bertz CT molecular complexity index is 475. The number of rotatable bonds is 5. The van der Waals surface area contributed by atoms with Crippen LogP contribution in [0.3, 0.4) is 0 Å². The second-order valence-corrected chi connectivity index (χ2v) is 5.18. The maximum absolute atomic E-state index is 12.0. The average Bonchev–Trinajstić information content (AvgIpc) is 2.68. The van der Waals surface area contributed by atoms with Gasteiger partial charge in [0.1, 0.15) is 5.75 Å². The van der Waals surface area contributed by atoms with Crippen LogP contribution < -0.4 is 10.1 Å². The standard InChI is InChI=1S/C13H16N2O3S/c1-3-8-15-12(16)11(19-13(15)17)14-9-4-6-10(18-2)7-5-9/h4-7,11,14H,3,8H2,1-2H3. The molecule has 1 aliphatic heterocycles. The molecule has 1 N–H and O–H groups in total. The SMILES string of the molecule is CCCN1C(=O)SC(Nc2ccc(OC)cc2)C1=O. The molecule has 0 saturated carbocycles. The molecule has 1 fully saturated rings. The highest BCUT2D eigenvalue weighted by atomic mass is 32.2. The Morgan fingerprint density at radius 2 is 2.00 bits per heavy atom. The molecular formula is C13H16N2O3S. The molecule has 6 heteroatoms. The summed E-state index contributed by atoms with van der Waals surface area (Å²) in [5.41, 5.74) is 0.790. The summed E-state index contributed by atoms with van der Waals surface area (Å²) >= 11 is 1.02. The van der Waals surface area contributed by atoms with E-state index in [-0.39, 0.29) is 11.1 Å². The molecule has 19 heavy (non-hydrogen) atoms. The molecular weight excluding hydrogens is 264 g/mol. The second-order valence-electron chi connectivity index (χ2n) is 4.13. The van der Waals surface area contributed by atoms with Crippen molar-refractivity contribution in [3.8, 4) is 5.75 Å². The van der Waals surface area contributed by atoms with Gasteiger partial charge in [0.15, 0.2) is 5.37 Å². The van der Waals surface area contributed by atoms with E-state index in [1.807, 2.05) is 19.1 Å². The number of benzene rings is 1. The number of amides is 2. The zero-order chi connectivity index (χ0) is 13.8. The van der Waals surface area contributed by atoms with Gasteiger partial charge in [-0.2, -0.15) is 0 Å². The molecule has 2 rings (SSSR count). The minimum absolute atomic E-state index is 0.173. The van der Waals surface area contributed by atoms with Gasteiger partial charge >= 0.3 is 0 Å². The van der Waals surface area contributed by atoms with Crippen molar-refractivity contribution in [2.45, 2.75) is 18.7 Å². The Balaban J connectivity index is 2.03. The van der Waals surface area contributed by atoms with E-state index in [9.17, 15) is 9.59 Å². The second kappa shape index (κ2) is 5.97. The molecule has 1 heterocycles. The number of methoxy groups -OCH3 is 1. The Morgan fingerprint density at radius 3 is 2.58 bits per heavy atom. The van der Waals surface area contributed by atoms with E-state index in [0.717, 1.165) is 29.6 Å². The van der Waals surface area contributed by atoms with Crippen molar-refractivity contribution in [1.29, 1.82) is 0 Å². The van der Waals surface area contributed by atoms with Crippen molar-refractivity contribution < 1.29 is 14.3 Å². The number of hydrogen-bond donors (Lipinski definition) is 1. The number of hydrogen-bond acceptors (Lipinski definition) is 5. The van der Waals surface area contributed by atoms with Crippen LogP contribution in [0.25, 0.3) is 0 Å². The first-order chi connectivity index (χ1) is 9.15. The fraction of sp³-hybridized carbons (Fsp3) is 0.385. The third-order valence-electron chi connectivity index (χ3n) is 2.76. The third-order valence-corrected chi connectivity index (χ3v) is 3.74. The van der Waals surface area contributed by atoms with Crippen molar-refractivity contribution in [1.82, 2.24) is 4.90 Å². The topological polar surface area (TPSA) is 58.6 Å².